The topological polar surface area (TPSA) is 151 Å². The van der Waals surface area contributed by atoms with Crippen molar-refractivity contribution >= 4 is 46.2 Å². The molecule has 0 saturated carbocycles. The third-order valence-corrected chi connectivity index (χ3v) is 9.06. The Morgan fingerprint density at radius 2 is 1.81 bits per heavy atom. The molecular formula is C30H29FN6O4S2. The molecule has 13 heteroatoms. The summed E-state index contributed by atoms with van der Waals surface area (Å²) < 4.78 is 18.8. The van der Waals surface area contributed by atoms with Gasteiger partial charge in [0.05, 0.1) is 17.6 Å². The van der Waals surface area contributed by atoms with Gasteiger partial charge in [-0.3, -0.25) is 19.8 Å². The lowest BCUT2D eigenvalue weighted by atomic mass is 10.1. The Kier molecular flexibility index (Phi) is 9.12. The van der Waals surface area contributed by atoms with Crippen molar-refractivity contribution in [3.8, 4) is 11.5 Å². The highest BCUT2D eigenvalue weighted by molar-refractivity contribution is 7.10. The molecule has 1 unspecified atom stereocenters. The minimum absolute atomic E-state index is 0.0452. The van der Waals surface area contributed by atoms with E-state index < -0.39 is 11.9 Å². The van der Waals surface area contributed by atoms with Crippen LogP contribution in [-0.2, 0) is 9.59 Å². The third-order valence-electron chi connectivity index (χ3n) is 7.01. The number of amides is 3. The number of rotatable bonds is 10. The van der Waals surface area contributed by atoms with Gasteiger partial charge in [-0.05, 0) is 67.9 Å². The number of thiazole rings is 1. The van der Waals surface area contributed by atoms with Crippen LogP contribution >= 0.6 is 22.7 Å². The molecule has 222 valence electrons. The van der Waals surface area contributed by atoms with Gasteiger partial charge in [-0.25, -0.2) is 9.37 Å². The molecule has 3 atom stereocenters. The maximum Gasteiger partial charge on any atom is 0.251 e. The highest BCUT2D eigenvalue weighted by atomic mass is 32.1. The van der Waals surface area contributed by atoms with E-state index in [-0.39, 0.29) is 42.0 Å². The Balaban J connectivity index is 1.21. The van der Waals surface area contributed by atoms with Crippen LogP contribution < -0.4 is 21.1 Å². The Hall–Kier alpha value is -4.62. The molecule has 0 bridgehead atoms. The summed E-state index contributed by atoms with van der Waals surface area (Å²) in [5.74, 6) is -0.742. The number of carbonyl (C=O) groups is 3. The first-order valence-corrected chi connectivity index (χ1v) is 15.2. The minimum atomic E-state index is -0.740. The summed E-state index contributed by atoms with van der Waals surface area (Å²) in [5, 5.41) is 17.7. The molecule has 2 aromatic heterocycles. The van der Waals surface area contributed by atoms with Crippen LogP contribution in [0.2, 0.25) is 0 Å². The summed E-state index contributed by atoms with van der Waals surface area (Å²) in [5.41, 5.74) is 6.49. The van der Waals surface area contributed by atoms with E-state index in [9.17, 15) is 18.8 Å². The fourth-order valence-corrected chi connectivity index (χ4v) is 6.41. The SMILES string of the molecule is CC(NC(=O)[C@@H]1C[C@@H](c2nccs2)CN1C(=O)CNC(=O)c1ccc(Oc2ccc(F)cc2)cc1)c1cc(C(=N)N)cs1. The molecule has 43 heavy (non-hydrogen) atoms. The Morgan fingerprint density at radius 3 is 2.44 bits per heavy atom. The maximum atomic E-state index is 13.4. The molecule has 0 aliphatic carbocycles. The zero-order valence-electron chi connectivity index (χ0n) is 23.1. The van der Waals surface area contributed by atoms with Crippen LogP contribution in [-0.4, -0.2) is 52.6 Å². The fourth-order valence-electron chi connectivity index (χ4n) is 4.75. The van der Waals surface area contributed by atoms with Crippen LogP contribution in [0.4, 0.5) is 4.39 Å². The summed E-state index contributed by atoms with van der Waals surface area (Å²) in [7, 11) is 0. The zero-order chi connectivity index (χ0) is 30.5. The van der Waals surface area contributed by atoms with E-state index in [1.54, 1.807) is 41.9 Å². The molecule has 4 aromatic rings. The van der Waals surface area contributed by atoms with Crippen molar-refractivity contribution in [3.63, 3.8) is 0 Å². The second-order valence-corrected chi connectivity index (χ2v) is 11.9. The number of likely N-dealkylation sites (tertiary alicyclic amines) is 1. The van der Waals surface area contributed by atoms with Crippen molar-refractivity contribution in [2.75, 3.05) is 13.1 Å². The van der Waals surface area contributed by atoms with Gasteiger partial charge in [0.1, 0.15) is 29.2 Å². The first kappa shape index (κ1) is 29.9. The molecule has 1 aliphatic rings. The van der Waals surface area contributed by atoms with Gasteiger partial charge in [0, 0.05) is 45.4 Å². The minimum Gasteiger partial charge on any atom is -0.457 e. The number of hydrogen-bond donors (Lipinski definition) is 4. The molecule has 0 spiro atoms. The fraction of sp³-hybridized carbons (Fsp3) is 0.233. The predicted molar refractivity (Wildman–Crippen MR) is 162 cm³/mol. The quantitative estimate of drug-likeness (QED) is 0.152. The Labute approximate surface area is 255 Å². The van der Waals surface area contributed by atoms with Gasteiger partial charge in [0.2, 0.25) is 11.8 Å². The van der Waals surface area contributed by atoms with E-state index in [0.717, 1.165) is 9.88 Å². The first-order chi connectivity index (χ1) is 20.7. The van der Waals surface area contributed by atoms with Crippen LogP contribution in [0.15, 0.2) is 71.6 Å². The van der Waals surface area contributed by atoms with Gasteiger partial charge >= 0.3 is 0 Å². The molecule has 5 N–H and O–H groups in total. The van der Waals surface area contributed by atoms with Crippen LogP contribution in [0.3, 0.4) is 0 Å². The third kappa shape index (κ3) is 7.24. The van der Waals surface area contributed by atoms with Gasteiger partial charge < -0.3 is 26.0 Å². The summed E-state index contributed by atoms with van der Waals surface area (Å²) in [6.07, 6.45) is 2.10. The van der Waals surface area contributed by atoms with E-state index in [1.165, 1.54) is 51.8 Å². The van der Waals surface area contributed by atoms with Crippen molar-refractivity contribution < 1.29 is 23.5 Å². The molecule has 5 rings (SSSR count). The monoisotopic (exact) mass is 620 g/mol. The van der Waals surface area contributed by atoms with Crippen molar-refractivity contribution in [3.05, 3.63) is 98.4 Å². The van der Waals surface area contributed by atoms with Gasteiger partial charge in [-0.15, -0.1) is 22.7 Å². The highest BCUT2D eigenvalue weighted by Gasteiger charge is 2.41. The van der Waals surface area contributed by atoms with Crippen molar-refractivity contribution in [1.82, 2.24) is 20.5 Å². The average Bonchev–Trinajstić information content (AvgIpc) is 3.78. The Morgan fingerprint density at radius 1 is 1.12 bits per heavy atom. The molecule has 3 amide bonds. The van der Waals surface area contributed by atoms with E-state index in [1.807, 2.05) is 12.3 Å². The number of benzene rings is 2. The van der Waals surface area contributed by atoms with E-state index in [2.05, 4.69) is 15.6 Å². The van der Waals surface area contributed by atoms with Crippen LogP contribution in [0.5, 0.6) is 11.5 Å². The molecule has 3 heterocycles. The smallest absolute Gasteiger partial charge is 0.251 e. The lowest BCUT2D eigenvalue weighted by molar-refractivity contribution is -0.137. The van der Waals surface area contributed by atoms with Gasteiger partial charge in [0.25, 0.3) is 5.91 Å². The van der Waals surface area contributed by atoms with Crippen molar-refractivity contribution in [1.29, 1.82) is 5.41 Å². The van der Waals surface area contributed by atoms with E-state index in [0.29, 0.717) is 35.6 Å². The van der Waals surface area contributed by atoms with Crippen LogP contribution in [0.25, 0.3) is 0 Å². The number of nitrogen functional groups attached to an aromatic ring is 1. The van der Waals surface area contributed by atoms with Crippen LogP contribution in [0.1, 0.15) is 51.1 Å². The predicted octanol–water partition coefficient (Wildman–Crippen LogP) is 4.41. The molecule has 1 aliphatic heterocycles. The number of ether oxygens (including phenoxy) is 1. The standard InChI is InChI=1S/C30H29FN6O4S2/c1-17(25-13-20(16-43-25)27(32)33)36-29(40)24-12-19(30-34-10-11-42-30)15-37(24)26(38)14-35-28(39)18-2-6-22(7-3-18)41-23-8-4-21(31)5-9-23/h2-11,13,16-17,19,24H,12,14-15H2,1H3,(H3,32,33)(H,35,39)(H,36,40)/t17?,19-,24+/m1/s1. The first-order valence-electron chi connectivity index (χ1n) is 13.4. The number of aromatic nitrogens is 1. The van der Waals surface area contributed by atoms with E-state index in [4.69, 9.17) is 15.9 Å². The molecule has 0 radical (unpaired) electrons. The molecular weight excluding hydrogens is 592 g/mol. The lowest BCUT2D eigenvalue weighted by Gasteiger charge is -2.25. The van der Waals surface area contributed by atoms with Crippen molar-refractivity contribution in [2.45, 2.75) is 31.3 Å². The van der Waals surface area contributed by atoms with Gasteiger partial charge in [-0.1, -0.05) is 0 Å². The summed E-state index contributed by atoms with van der Waals surface area (Å²) in [4.78, 5) is 46.3. The molecule has 1 fully saturated rings. The second kappa shape index (κ2) is 13.1. The lowest BCUT2D eigenvalue weighted by Crippen LogP contribution is -2.49. The van der Waals surface area contributed by atoms with Gasteiger partial charge in [0.15, 0.2) is 0 Å². The maximum absolute atomic E-state index is 13.4. The van der Waals surface area contributed by atoms with Crippen molar-refractivity contribution in [2.24, 2.45) is 5.73 Å². The molecule has 1 saturated heterocycles. The number of carbonyl (C=O) groups excluding carboxylic acids is 3. The number of nitrogens with two attached hydrogens (primary N) is 1. The number of halogens is 1. The number of nitrogens with zero attached hydrogens (tertiary/aromatic N) is 2. The number of amidine groups is 1. The molecule has 10 nitrogen and oxygen atoms in total. The molecule has 2 aromatic carbocycles. The number of nitrogens with one attached hydrogen (secondary N) is 3. The van der Waals surface area contributed by atoms with E-state index >= 15 is 0 Å². The highest BCUT2D eigenvalue weighted by Crippen LogP contribution is 2.33. The average molecular weight is 621 g/mol. The zero-order valence-corrected chi connectivity index (χ0v) is 24.7. The summed E-state index contributed by atoms with van der Waals surface area (Å²) in [6, 6.07) is 12.6. The number of thiophene rings is 1. The largest absolute Gasteiger partial charge is 0.457 e. The second-order valence-electron chi connectivity index (χ2n) is 10.0. The Bertz CT molecular complexity index is 1610. The summed E-state index contributed by atoms with van der Waals surface area (Å²) >= 11 is 2.87. The summed E-state index contributed by atoms with van der Waals surface area (Å²) in [6.45, 7) is 1.85. The van der Waals surface area contributed by atoms with Crippen LogP contribution in [0, 0.1) is 11.2 Å². The number of hydrogen-bond acceptors (Lipinski definition) is 8. The van der Waals surface area contributed by atoms with Gasteiger partial charge in [-0.2, -0.15) is 0 Å². The normalized spacial score (nSPS) is 16.8.